The van der Waals surface area contributed by atoms with E-state index in [2.05, 4.69) is 19.9 Å². The van der Waals surface area contributed by atoms with Gasteiger partial charge in [-0.3, -0.25) is 9.89 Å². The molecule has 0 bridgehead atoms. The number of rotatable bonds is 5. The second-order valence-corrected chi connectivity index (χ2v) is 5.34. The molecule has 1 atom stereocenters. The molecular weight excluding hydrogens is 274 g/mol. The van der Waals surface area contributed by atoms with Gasteiger partial charge >= 0.3 is 5.97 Å². The smallest absolute Gasteiger partial charge is 0.318 e. The summed E-state index contributed by atoms with van der Waals surface area (Å²) >= 11 is 1.26. The van der Waals surface area contributed by atoms with Gasteiger partial charge in [0.15, 0.2) is 0 Å². The number of hydrogen-bond donors (Lipinski definition) is 1. The van der Waals surface area contributed by atoms with E-state index in [1.165, 1.54) is 18.9 Å². The van der Waals surface area contributed by atoms with Gasteiger partial charge < -0.3 is 4.74 Å². The van der Waals surface area contributed by atoms with Gasteiger partial charge in [-0.15, -0.1) is 5.10 Å². The van der Waals surface area contributed by atoms with Gasteiger partial charge in [0.25, 0.3) is 0 Å². The highest BCUT2D eigenvalue weighted by Gasteiger charge is 2.16. The summed E-state index contributed by atoms with van der Waals surface area (Å²) in [6, 6.07) is 9.91. The van der Waals surface area contributed by atoms with E-state index in [9.17, 15) is 4.79 Å². The molecule has 0 spiro atoms. The maximum atomic E-state index is 11.3. The zero-order valence-electron chi connectivity index (χ0n) is 11.2. The van der Waals surface area contributed by atoms with E-state index in [0.717, 1.165) is 5.56 Å². The van der Waals surface area contributed by atoms with Crippen LogP contribution in [0, 0.1) is 0 Å². The van der Waals surface area contributed by atoms with Crippen LogP contribution in [-0.2, 0) is 9.53 Å². The molecule has 0 aliphatic heterocycles. The Bertz CT molecular complexity index is 595. The highest BCUT2D eigenvalue weighted by atomic mass is 32.2. The summed E-state index contributed by atoms with van der Waals surface area (Å²) in [6.45, 7) is 1.76. The summed E-state index contributed by atoms with van der Waals surface area (Å²) in [5.74, 6) is 0.356. The monoisotopic (exact) mass is 289 g/mol. The Hall–Kier alpha value is -2.08. The molecule has 1 aromatic heterocycles. The van der Waals surface area contributed by atoms with Gasteiger partial charge in [-0.1, -0.05) is 48.2 Å². The molecular formula is C14H15N3O2S. The molecule has 0 aliphatic carbocycles. The fourth-order valence-corrected chi connectivity index (χ4v) is 2.25. The Morgan fingerprint density at radius 3 is 2.80 bits per heavy atom. The number of carbonyl (C=O) groups is 1. The van der Waals surface area contributed by atoms with E-state index < -0.39 is 0 Å². The summed E-state index contributed by atoms with van der Waals surface area (Å²) in [5.41, 5.74) is 1.08. The van der Waals surface area contributed by atoms with Gasteiger partial charge in [0.2, 0.25) is 5.16 Å². The molecule has 1 unspecified atom stereocenters. The van der Waals surface area contributed by atoms with Crippen molar-refractivity contribution in [1.82, 2.24) is 15.2 Å². The van der Waals surface area contributed by atoms with Crippen LogP contribution < -0.4 is 0 Å². The van der Waals surface area contributed by atoms with E-state index in [1.54, 1.807) is 6.92 Å². The summed E-state index contributed by atoms with van der Waals surface area (Å²) < 4.78 is 4.66. The summed E-state index contributed by atoms with van der Waals surface area (Å²) in [7, 11) is 1.37. The zero-order chi connectivity index (χ0) is 14.4. The van der Waals surface area contributed by atoms with E-state index in [0.29, 0.717) is 11.0 Å². The van der Waals surface area contributed by atoms with E-state index in [-0.39, 0.29) is 11.2 Å². The lowest BCUT2D eigenvalue weighted by molar-refractivity contribution is -0.139. The van der Waals surface area contributed by atoms with Crippen LogP contribution >= 0.6 is 11.8 Å². The fraction of sp³-hybridized carbons (Fsp3) is 0.214. The van der Waals surface area contributed by atoms with Crippen molar-refractivity contribution in [2.45, 2.75) is 17.3 Å². The van der Waals surface area contributed by atoms with Crippen LogP contribution in [0.25, 0.3) is 12.2 Å². The number of methoxy groups -OCH3 is 1. The lowest BCUT2D eigenvalue weighted by Crippen LogP contribution is -2.14. The molecule has 2 rings (SSSR count). The molecule has 0 radical (unpaired) electrons. The maximum Gasteiger partial charge on any atom is 0.318 e. The molecule has 1 N–H and O–H groups in total. The third-order valence-corrected chi connectivity index (χ3v) is 3.47. The number of nitrogens with one attached hydrogen (secondary N) is 1. The van der Waals surface area contributed by atoms with Crippen molar-refractivity contribution < 1.29 is 9.53 Å². The van der Waals surface area contributed by atoms with Crippen LogP contribution in [0.3, 0.4) is 0 Å². The topological polar surface area (TPSA) is 67.9 Å². The van der Waals surface area contributed by atoms with Gasteiger partial charge in [-0.2, -0.15) is 0 Å². The molecule has 20 heavy (non-hydrogen) atoms. The molecule has 0 aliphatic rings. The van der Waals surface area contributed by atoms with Crippen molar-refractivity contribution in [1.29, 1.82) is 0 Å². The van der Waals surface area contributed by atoms with Crippen molar-refractivity contribution >= 4 is 29.9 Å². The van der Waals surface area contributed by atoms with Crippen LogP contribution in [0.1, 0.15) is 18.3 Å². The minimum absolute atomic E-state index is 0.291. The number of benzene rings is 1. The van der Waals surface area contributed by atoms with E-state index in [1.807, 2.05) is 42.5 Å². The highest BCUT2D eigenvalue weighted by molar-refractivity contribution is 8.00. The SMILES string of the molecule is COC(=O)C(C)Sc1n[nH]c(/C=C/c2ccccc2)n1. The first-order chi connectivity index (χ1) is 9.69. The van der Waals surface area contributed by atoms with Crippen molar-refractivity contribution in [3.63, 3.8) is 0 Å². The first kappa shape index (κ1) is 14.3. The number of aromatic nitrogens is 3. The second kappa shape index (κ2) is 6.91. The number of hydrogen-bond acceptors (Lipinski definition) is 5. The van der Waals surface area contributed by atoms with Crippen molar-refractivity contribution in [2.75, 3.05) is 7.11 Å². The van der Waals surface area contributed by atoms with Crippen molar-refractivity contribution in [2.24, 2.45) is 0 Å². The van der Waals surface area contributed by atoms with Crippen LogP contribution in [0.15, 0.2) is 35.5 Å². The third kappa shape index (κ3) is 3.96. The minimum atomic E-state index is -0.332. The zero-order valence-corrected chi connectivity index (χ0v) is 12.1. The van der Waals surface area contributed by atoms with E-state index >= 15 is 0 Å². The largest absolute Gasteiger partial charge is 0.468 e. The van der Waals surface area contributed by atoms with Gasteiger partial charge in [-0.05, 0) is 18.6 Å². The molecule has 6 heteroatoms. The first-order valence-corrected chi connectivity index (χ1v) is 6.97. The summed E-state index contributed by atoms with van der Waals surface area (Å²) in [5, 5.41) is 7.06. The van der Waals surface area contributed by atoms with Crippen molar-refractivity contribution in [3.8, 4) is 0 Å². The Balaban J connectivity index is 1.99. The highest BCUT2D eigenvalue weighted by Crippen LogP contribution is 2.20. The molecule has 1 aromatic carbocycles. The molecule has 0 saturated heterocycles. The van der Waals surface area contributed by atoms with Gasteiger partial charge in [0.1, 0.15) is 11.1 Å². The number of carbonyl (C=O) groups excluding carboxylic acids is 1. The Labute approximate surface area is 121 Å². The maximum absolute atomic E-state index is 11.3. The van der Waals surface area contributed by atoms with Gasteiger partial charge in [-0.25, -0.2) is 4.98 Å². The molecule has 0 fully saturated rings. The summed E-state index contributed by atoms with van der Waals surface area (Å²) in [4.78, 5) is 15.6. The van der Waals surface area contributed by atoms with Gasteiger partial charge in [0.05, 0.1) is 7.11 Å². The first-order valence-electron chi connectivity index (χ1n) is 6.09. The molecule has 5 nitrogen and oxygen atoms in total. The number of thioether (sulfide) groups is 1. The fourth-order valence-electron chi connectivity index (χ4n) is 1.50. The Morgan fingerprint density at radius 1 is 1.35 bits per heavy atom. The second-order valence-electron chi connectivity index (χ2n) is 4.03. The number of ether oxygens (including phenoxy) is 1. The van der Waals surface area contributed by atoms with Gasteiger partial charge in [0, 0.05) is 0 Å². The molecule has 2 aromatic rings. The molecule has 0 amide bonds. The average Bonchev–Trinajstić information content (AvgIpc) is 2.92. The van der Waals surface area contributed by atoms with E-state index in [4.69, 9.17) is 0 Å². The lowest BCUT2D eigenvalue weighted by atomic mass is 10.2. The van der Waals surface area contributed by atoms with Crippen molar-refractivity contribution in [3.05, 3.63) is 41.7 Å². The number of esters is 1. The number of H-pyrrole nitrogens is 1. The standard InChI is InChI=1S/C14H15N3O2S/c1-10(13(18)19-2)20-14-15-12(16-17-14)9-8-11-6-4-3-5-7-11/h3-10H,1-2H3,(H,15,16,17)/b9-8+. The Kier molecular flexibility index (Phi) is 4.95. The number of nitrogens with zero attached hydrogens (tertiary/aromatic N) is 2. The van der Waals surface area contributed by atoms with Crippen LogP contribution in [0.5, 0.6) is 0 Å². The minimum Gasteiger partial charge on any atom is -0.468 e. The quantitative estimate of drug-likeness (QED) is 0.677. The molecule has 0 saturated carbocycles. The van der Waals surface area contributed by atoms with Crippen LogP contribution in [0.4, 0.5) is 0 Å². The third-order valence-electron chi connectivity index (χ3n) is 2.53. The summed E-state index contributed by atoms with van der Waals surface area (Å²) in [6.07, 6.45) is 3.79. The predicted octanol–water partition coefficient (Wildman–Crippen LogP) is 2.63. The predicted molar refractivity (Wildman–Crippen MR) is 79.1 cm³/mol. The molecule has 1 heterocycles. The average molecular weight is 289 g/mol. The number of aromatic amines is 1. The van der Waals surface area contributed by atoms with Crippen LogP contribution in [-0.4, -0.2) is 33.5 Å². The normalized spacial score (nSPS) is 12.5. The Morgan fingerprint density at radius 2 is 2.10 bits per heavy atom. The molecule has 104 valence electrons. The lowest BCUT2D eigenvalue weighted by Gasteiger charge is -2.04. The van der Waals surface area contributed by atoms with Crippen LogP contribution in [0.2, 0.25) is 0 Å².